The molecule has 472 valence electrons. The molecule has 35 atom stereocenters. The zero-order valence-electron chi connectivity index (χ0n) is 45.0. The highest BCUT2D eigenvalue weighted by Crippen LogP contribution is 2.42. The van der Waals surface area contributed by atoms with Gasteiger partial charge in [0.2, 0.25) is 0 Å². The van der Waals surface area contributed by atoms with E-state index in [2.05, 4.69) is 0 Å². The second kappa shape index (κ2) is 28.7. The van der Waals surface area contributed by atoms with Crippen molar-refractivity contribution in [3.05, 3.63) is 0 Å². The molecule has 0 aromatic rings. The summed E-state index contributed by atoms with van der Waals surface area (Å²) in [5.74, 6) is -4.17. The van der Waals surface area contributed by atoms with E-state index in [0.717, 1.165) is 0 Å². The van der Waals surface area contributed by atoms with Gasteiger partial charge in [-0.2, -0.15) is 0 Å². The SMILES string of the molecule is C1CCC1.CC1C2OC(CO)C(OC3OC(CO)C(OC4OC(CO)C(OC5OC(CO)C(OC6OC(CO)C(OC7OC(CO)C(CC8OC(CO)C(O2)C(C)C8O)C(O)C7O)C(O)C6O)C(O)C5O)C(O)C4O)C(O)C3C)C1O. The van der Waals surface area contributed by atoms with Gasteiger partial charge in [0.1, 0.15) is 110 Å². The Hall–Kier alpha value is -1.24. The van der Waals surface area contributed by atoms with Gasteiger partial charge in [0, 0.05) is 23.7 Å². The van der Waals surface area contributed by atoms with Crippen molar-refractivity contribution in [3.8, 4) is 0 Å². The molecule has 1 saturated carbocycles. The molecular weight excluding hydrogens is 1100 g/mol. The zero-order valence-corrected chi connectivity index (χ0v) is 45.0. The lowest BCUT2D eigenvalue weighted by Gasteiger charge is -2.51. The lowest BCUT2D eigenvalue weighted by atomic mass is 9.79. The van der Waals surface area contributed by atoms with Crippen molar-refractivity contribution < 1.29 is 153 Å². The molecule has 31 nitrogen and oxygen atoms in total. The molecule has 0 aromatic heterocycles. The Balaban J connectivity index is 0.00000206. The third-order valence-electron chi connectivity index (χ3n) is 17.4. The largest absolute Gasteiger partial charge is 0.394 e. The molecule has 22 aliphatic rings. The van der Waals surface area contributed by atoms with E-state index < -0.39 is 260 Å². The Bertz CT molecular complexity index is 1530. The fraction of sp³-hybridized carbons (Fsp3) is 1.00. The number of ether oxygens (including phenoxy) is 13. The maximum Gasteiger partial charge on any atom is 0.187 e. The molecule has 0 spiro atoms. The highest BCUT2D eigenvalue weighted by Gasteiger charge is 2.58. The van der Waals surface area contributed by atoms with Crippen LogP contribution in [0.1, 0.15) is 52.9 Å². The van der Waals surface area contributed by atoms with Crippen molar-refractivity contribution in [2.45, 2.75) is 243 Å². The van der Waals surface area contributed by atoms with Crippen LogP contribution in [0.5, 0.6) is 0 Å². The van der Waals surface area contributed by atoms with Crippen LogP contribution in [0.3, 0.4) is 0 Å². The molecule has 31 heteroatoms. The summed E-state index contributed by atoms with van der Waals surface area (Å²) in [4.78, 5) is 0. The highest BCUT2D eigenvalue weighted by molar-refractivity contribution is 5.01. The van der Waals surface area contributed by atoms with Crippen LogP contribution in [-0.2, 0) is 61.6 Å². The molecule has 21 heterocycles. The summed E-state index contributed by atoms with van der Waals surface area (Å²) < 4.78 is 77.2. The number of hydrogen-bond acceptors (Lipinski definition) is 31. The lowest BCUT2D eigenvalue weighted by molar-refractivity contribution is -0.394. The van der Waals surface area contributed by atoms with E-state index in [1.807, 2.05) is 0 Å². The summed E-state index contributed by atoms with van der Waals surface area (Å²) in [6.07, 6.45) is -46.8. The van der Waals surface area contributed by atoms with Crippen molar-refractivity contribution in [1.29, 1.82) is 0 Å². The standard InChI is InChI=1S/C46H78O31.C4H8/c1-12-24(54)16-4-15-17(5-47)66-43(31(61)27(15)57)75-38-21(9-51)70-45(33(63)29(38)59)77-40-23(11-53)71-46(34(64)30(40)60)76-39-22(10-52)69-44(32(62)28(39)58)74-37-20(8-50)68-42(14(3)26(37)56)73-36-19(7-49)67-41(13(2)25(36)55)72-35(12)18(6-48)65-16;1-2-4-3-1/h12-64H,4-11H2,1-3H3;1-4H2. The monoisotopic (exact) mass is 1180 g/mol. The topological polar surface area (TPSA) is 484 Å². The second-order valence-corrected chi connectivity index (χ2v) is 22.6. The molecule has 22 fully saturated rings. The summed E-state index contributed by atoms with van der Waals surface area (Å²) in [7, 11) is 0. The minimum atomic E-state index is -2.14. The van der Waals surface area contributed by atoms with E-state index in [0.29, 0.717) is 0 Å². The first-order chi connectivity index (χ1) is 38.7. The first-order valence-electron chi connectivity index (χ1n) is 27.9. The number of aliphatic hydroxyl groups is 18. The van der Waals surface area contributed by atoms with Crippen molar-refractivity contribution in [1.82, 2.24) is 0 Å². The average Bonchev–Trinajstić information content (AvgIpc) is 3.49. The maximum absolute atomic E-state index is 11.7. The molecule has 22 rings (SSSR count). The van der Waals surface area contributed by atoms with Gasteiger partial charge in [-0.25, -0.2) is 0 Å². The molecule has 0 amide bonds. The van der Waals surface area contributed by atoms with Crippen LogP contribution < -0.4 is 0 Å². The number of rotatable bonds is 7. The molecule has 14 bridgehead atoms. The van der Waals surface area contributed by atoms with Crippen LogP contribution >= 0.6 is 0 Å². The highest BCUT2D eigenvalue weighted by atomic mass is 16.8. The molecule has 18 N–H and O–H groups in total. The normalized spacial score (nSPS) is 53.8. The van der Waals surface area contributed by atoms with Gasteiger partial charge >= 0.3 is 0 Å². The van der Waals surface area contributed by atoms with Gasteiger partial charge in [-0.3, -0.25) is 0 Å². The van der Waals surface area contributed by atoms with Gasteiger partial charge in [-0.05, 0) is 6.42 Å². The second-order valence-electron chi connectivity index (χ2n) is 22.6. The molecule has 21 aliphatic heterocycles. The van der Waals surface area contributed by atoms with Crippen LogP contribution in [0.4, 0.5) is 0 Å². The summed E-state index contributed by atoms with van der Waals surface area (Å²) in [5, 5.41) is 200. The molecular formula is C50H86O31. The first kappa shape index (κ1) is 65.7. The van der Waals surface area contributed by atoms with E-state index in [1.165, 1.54) is 39.5 Å². The Morgan fingerprint density at radius 1 is 0.247 bits per heavy atom. The number of aliphatic hydroxyl groups excluding tert-OH is 18. The van der Waals surface area contributed by atoms with Crippen LogP contribution in [0.2, 0.25) is 0 Å². The smallest absolute Gasteiger partial charge is 0.187 e. The summed E-state index contributed by atoms with van der Waals surface area (Å²) in [6, 6.07) is 0. The predicted molar refractivity (Wildman–Crippen MR) is 260 cm³/mol. The fourth-order valence-electron chi connectivity index (χ4n) is 11.9. The van der Waals surface area contributed by atoms with Crippen molar-refractivity contribution in [3.63, 3.8) is 0 Å². The van der Waals surface area contributed by atoms with E-state index in [-0.39, 0.29) is 6.42 Å². The third kappa shape index (κ3) is 13.6. The van der Waals surface area contributed by atoms with Gasteiger partial charge in [0.15, 0.2) is 37.7 Å². The summed E-state index contributed by atoms with van der Waals surface area (Å²) in [5.41, 5.74) is 0. The quantitative estimate of drug-likeness (QED) is 0.113. The molecule has 0 radical (unpaired) electrons. The molecule has 81 heavy (non-hydrogen) atoms. The van der Waals surface area contributed by atoms with E-state index >= 15 is 0 Å². The minimum Gasteiger partial charge on any atom is -0.394 e. The van der Waals surface area contributed by atoms with Gasteiger partial charge in [0.05, 0.1) is 89.0 Å². The van der Waals surface area contributed by atoms with Crippen LogP contribution in [0.25, 0.3) is 0 Å². The van der Waals surface area contributed by atoms with Crippen LogP contribution in [0, 0.1) is 23.7 Å². The molecule has 35 unspecified atom stereocenters. The molecule has 0 aromatic carbocycles. The Kier molecular flexibility index (Phi) is 23.3. The van der Waals surface area contributed by atoms with Crippen LogP contribution in [0.15, 0.2) is 0 Å². The van der Waals surface area contributed by atoms with E-state index in [9.17, 15) is 91.9 Å². The summed E-state index contributed by atoms with van der Waals surface area (Å²) >= 11 is 0. The van der Waals surface area contributed by atoms with Gasteiger partial charge in [0.25, 0.3) is 0 Å². The first-order valence-corrected chi connectivity index (χ1v) is 27.9. The summed E-state index contributed by atoms with van der Waals surface area (Å²) in [6.45, 7) is -1.53. The third-order valence-corrected chi connectivity index (χ3v) is 17.4. The fourth-order valence-corrected chi connectivity index (χ4v) is 11.9. The van der Waals surface area contributed by atoms with Crippen molar-refractivity contribution >= 4 is 0 Å². The maximum atomic E-state index is 11.7. The van der Waals surface area contributed by atoms with Gasteiger partial charge in [-0.15, -0.1) is 0 Å². The Morgan fingerprint density at radius 3 is 0.827 bits per heavy atom. The molecule has 21 saturated heterocycles. The average molecular weight is 1180 g/mol. The number of hydrogen-bond donors (Lipinski definition) is 18. The van der Waals surface area contributed by atoms with Gasteiger partial charge in [-0.1, -0.05) is 46.5 Å². The van der Waals surface area contributed by atoms with Crippen molar-refractivity contribution in [2.75, 3.05) is 46.2 Å². The van der Waals surface area contributed by atoms with Gasteiger partial charge < -0.3 is 153 Å². The van der Waals surface area contributed by atoms with E-state index in [4.69, 9.17) is 61.6 Å². The van der Waals surface area contributed by atoms with Crippen LogP contribution in [-0.4, -0.2) is 329 Å². The zero-order chi connectivity index (χ0) is 58.9. The predicted octanol–water partition coefficient (Wildman–Crippen LogP) is -9.18. The Labute approximate surface area is 465 Å². The minimum absolute atomic E-state index is 0.312. The Morgan fingerprint density at radius 2 is 0.506 bits per heavy atom. The van der Waals surface area contributed by atoms with E-state index in [1.54, 1.807) is 6.92 Å². The van der Waals surface area contributed by atoms with Crippen molar-refractivity contribution in [2.24, 2.45) is 23.7 Å². The lowest BCUT2D eigenvalue weighted by Crippen LogP contribution is -2.67. The molecule has 1 aliphatic carbocycles.